The van der Waals surface area contributed by atoms with Crippen molar-refractivity contribution in [2.24, 2.45) is 5.41 Å². The van der Waals surface area contributed by atoms with Gasteiger partial charge in [0.05, 0.1) is 21.6 Å². The predicted octanol–water partition coefficient (Wildman–Crippen LogP) is 6.92. The van der Waals surface area contributed by atoms with Crippen molar-refractivity contribution in [3.8, 4) is 0 Å². The van der Waals surface area contributed by atoms with Gasteiger partial charge >= 0.3 is 5.97 Å². The molecule has 2 nitrogen and oxygen atoms in total. The topological polar surface area (TPSA) is 26.3 Å². The molecule has 0 unspecified atom stereocenters. The summed E-state index contributed by atoms with van der Waals surface area (Å²) >= 11 is 0. The lowest BCUT2D eigenvalue weighted by Gasteiger charge is -2.43. The molecule has 0 aliphatic heterocycles. The van der Waals surface area contributed by atoms with Crippen molar-refractivity contribution >= 4 is 19.2 Å². The van der Waals surface area contributed by atoms with Crippen molar-refractivity contribution in [3.05, 3.63) is 78.4 Å². The molecule has 0 aliphatic rings. The SMILES string of the molecule is COC(=O)CC(C)(C)CC[C@](C)(/C=C\CCc1ccccc1)[Si](C)(C)c1ccccc1. The van der Waals surface area contributed by atoms with Gasteiger partial charge in [0, 0.05) is 0 Å². The van der Waals surface area contributed by atoms with E-state index in [1.807, 2.05) is 0 Å². The molecule has 3 heteroatoms. The predicted molar refractivity (Wildman–Crippen MR) is 135 cm³/mol. The van der Waals surface area contributed by atoms with Gasteiger partial charge in [0.2, 0.25) is 0 Å². The van der Waals surface area contributed by atoms with Crippen molar-refractivity contribution in [1.29, 1.82) is 0 Å². The van der Waals surface area contributed by atoms with Gasteiger partial charge < -0.3 is 4.74 Å². The first-order valence-corrected chi connectivity index (χ1v) is 14.4. The zero-order chi connectivity index (χ0) is 23.0. The largest absolute Gasteiger partial charge is 0.469 e. The number of ether oxygens (including phenoxy) is 1. The van der Waals surface area contributed by atoms with Crippen molar-refractivity contribution in [2.75, 3.05) is 7.11 Å². The summed E-state index contributed by atoms with van der Waals surface area (Å²) in [6.07, 6.45) is 9.50. The molecule has 0 radical (unpaired) electrons. The summed E-state index contributed by atoms with van der Waals surface area (Å²) in [5.74, 6) is -0.121. The van der Waals surface area contributed by atoms with Crippen LogP contribution in [0.1, 0.15) is 52.0 Å². The summed E-state index contributed by atoms with van der Waals surface area (Å²) < 4.78 is 4.93. The summed E-state index contributed by atoms with van der Waals surface area (Å²) in [4.78, 5) is 11.9. The third kappa shape index (κ3) is 7.21. The molecule has 0 saturated heterocycles. The average molecular weight is 437 g/mol. The van der Waals surface area contributed by atoms with E-state index in [9.17, 15) is 4.79 Å². The van der Waals surface area contributed by atoms with Crippen molar-refractivity contribution in [2.45, 2.75) is 71.0 Å². The van der Waals surface area contributed by atoms with Crippen molar-refractivity contribution < 1.29 is 9.53 Å². The number of carbonyl (C=O) groups excluding carboxylic acids is 1. The second kappa shape index (κ2) is 10.9. The monoisotopic (exact) mass is 436 g/mol. The molecular weight excluding hydrogens is 396 g/mol. The van der Waals surface area contributed by atoms with Crippen LogP contribution in [0, 0.1) is 5.41 Å². The van der Waals surface area contributed by atoms with E-state index in [2.05, 4.69) is 107 Å². The molecule has 0 aromatic heterocycles. The maximum Gasteiger partial charge on any atom is 0.306 e. The molecule has 0 spiro atoms. The lowest BCUT2D eigenvalue weighted by Crippen LogP contribution is -2.51. The molecule has 0 N–H and O–H groups in total. The lowest BCUT2D eigenvalue weighted by molar-refractivity contribution is -0.143. The molecule has 0 bridgehead atoms. The minimum Gasteiger partial charge on any atom is -0.469 e. The Morgan fingerprint density at radius 1 is 0.935 bits per heavy atom. The molecular formula is C28H40O2Si. The van der Waals surface area contributed by atoms with E-state index in [0.29, 0.717) is 6.42 Å². The number of hydrogen-bond acceptors (Lipinski definition) is 2. The first-order chi connectivity index (χ1) is 14.6. The van der Waals surface area contributed by atoms with Crippen LogP contribution in [0.4, 0.5) is 0 Å². The van der Waals surface area contributed by atoms with Crippen LogP contribution >= 0.6 is 0 Å². The third-order valence-corrected chi connectivity index (χ3v) is 12.1. The van der Waals surface area contributed by atoms with Gasteiger partial charge in [0.15, 0.2) is 0 Å². The van der Waals surface area contributed by atoms with Crippen LogP contribution in [0.3, 0.4) is 0 Å². The molecule has 1 atom stereocenters. The highest BCUT2D eigenvalue weighted by molar-refractivity contribution is 6.92. The summed E-state index contributed by atoms with van der Waals surface area (Å²) in [5, 5.41) is 1.58. The maximum atomic E-state index is 11.9. The van der Waals surface area contributed by atoms with Gasteiger partial charge in [-0.25, -0.2) is 0 Å². The molecule has 0 heterocycles. The second-order valence-corrected chi connectivity index (χ2v) is 15.2. The first kappa shape index (κ1) is 25.1. The number of allylic oxidation sites excluding steroid dienone is 2. The smallest absolute Gasteiger partial charge is 0.306 e. The zero-order valence-electron chi connectivity index (χ0n) is 20.3. The Hall–Kier alpha value is -2.13. The Labute approximate surface area is 190 Å². The molecule has 2 rings (SSSR count). The summed E-state index contributed by atoms with van der Waals surface area (Å²) in [6.45, 7) is 11.8. The molecule has 0 saturated carbocycles. The molecule has 2 aromatic carbocycles. The number of benzene rings is 2. The Morgan fingerprint density at radius 3 is 2.10 bits per heavy atom. The number of methoxy groups -OCH3 is 1. The normalized spacial score (nSPS) is 14.4. The fourth-order valence-electron chi connectivity index (χ4n) is 4.18. The zero-order valence-corrected chi connectivity index (χ0v) is 21.3. The van der Waals surface area contributed by atoms with Gasteiger partial charge in [0.1, 0.15) is 0 Å². The van der Waals surface area contributed by atoms with E-state index < -0.39 is 8.07 Å². The summed E-state index contributed by atoms with van der Waals surface area (Å²) in [7, 11) is -0.338. The number of esters is 1. The molecule has 2 aromatic rings. The minimum absolute atomic E-state index is 0.0760. The van der Waals surface area contributed by atoms with Gasteiger partial charge in [-0.2, -0.15) is 0 Å². The average Bonchev–Trinajstić information content (AvgIpc) is 2.76. The highest BCUT2D eigenvalue weighted by Crippen LogP contribution is 2.46. The maximum absolute atomic E-state index is 11.9. The fourth-order valence-corrected chi connectivity index (χ4v) is 7.15. The van der Waals surface area contributed by atoms with E-state index in [4.69, 9.17) is 4.74 Å². The Kier molecular flexibility index (Phi) is 8.87. The highest BCUT2D eigenvalue weighted by Gasteiger charge is 2.43. The molecule has 168 valence electrons. The van der Waals surface area contributed by atoms with Crippen LogP contribution in [0.5, 0.6) is 0 Å². The summed E-state index contributed by atoms with van der Waals surface area (Å²) in [5.41, 5.74) is 1.31. The molecule has 0 aliphatic carbocycles. The third-order valence-electron chi connectivity index (χ3n) is 7.02. The first-order valence-electron chi connectivity index (χ1n) is 11.4. The van der Waals surface area contributed by atoms with Gasteiger partial charge in [-0.1, -0.05) is 112 Å². The van der Waals surface area contributed by atoms with Gasteiger partial charge in [0.25, 0.3) is 0 Å². The Balaban J connectivity index is 2.21. The van der Waals surface area contributed by atoms with E-state index >= 15 is 0 Å². The fraction of sp³-hybridized carbons (Fsp3) is 0.464. The van der Waals surface area contributed by atoms with Crippen LogP contribution in [0.25, 0.3) is 0 Å². The number of aryl methyl sites for hydroxylation is 1. The number of carbonyl (C=O) groups is 1. The van der Waals surface area contributed by atoms with Crippen LogP contribution in [0.2, 0.25) is 18.1 Å². The molecule has 0 fully saturated rings. The standard InChI is InChI=1S/C28H40O2Si/c1-27(2,23-26(29)30-4)21-22-28(3,31(5,6)25-18-11-8-12-19-25)20-14-13-17-24-15-9-7-10-16-24/h7-12,14-16,18-20H,13,17,21-23H2,1-6H3/b20-14-/t28-/m0/s1. The molecule has 0 amide bonds. The van der Waals surface area contributed by atoms with Gasteiger partial charge in [-0.15, -0.1) is 0 Å². The van der Waals surface area contributed by atoms with E-state index in [1.165, 1.54) is 17.9 Å². The lowest BCUT2D eigenvalue weighted by atomic mass is 9.81. The highest BCUT2D eigenvalue weighted by atomic mass is 28.3. The van der Waals surface area contributed by atoms with Gasteiger partial charge in [-0.05, 0) is 41.7 Å². The summed E-state index contributed by atoms with van der Waals surface area (Å²) in [6, 6.07) is 21.7. The molecule has 31 heavy (non-hydrogen) atoms. The van der Waals surface area contributed by atoms with E-state index in [1.54, 1.807) is 0 Å². The second-order valence-electron chi connectivity index (χ2n) is 10.3. The van der Waals surface area contributed by atoms with Crippen LogP contribution in [-0.2, 0) is 16.0 Å². The number of rotatable bonds is 11. The Bertz CT molecular complexity index is 840. The quantitative estimate of drug-likeness (QED) is 0.217. The van der Waals surface area contributed by atoms with E-state index in [0.717, 1.165) is 25.7 Å². The van der Waals surface area contributed by atoms with Crippen molar-refractivity contribution in [3.63, 3.8) is 0 Å². The van der Waals surface area contributed by atoms with Gasteiger partial charge in [-0.3, -0.25) is 4.79 Å². The number of hydrogen-bond donors (Lipinski definition) is 0. The van der Waals surface area contributed by atoms with Crippen LogP contribution in [-0.4, -0.2) is 21.2 Å². The van der Waals surface area contributed by atoms with Crippen LogP contribution in [0.15, 0.2) is 72.8 Å². The van der Waals surface area contributed by atoms with Crippen LogP contribution < -0.4 is 5.19 Å². The van der Waals surface area contributed by atoms with Crippen molar-refractivity contribution in [1.82, 2.24) is 0 Å². The van der Waals surface area contributed by atoms with E-state index in [-0.39, 0.29) is 16.4 Å². The Morgan fingerprint density at radius 2 is 1.52 bits per heavy atom. The minimum atomic E-state index is -1.81.